The van der Waals surface area contributed by atoms with Crippen LogP contribution in [0.3, 0.4) is 0 Å². The van der Waals surface area contributed by atoms with Gasteiger partial charge >= 0.3 is 0 Å². The van der Waals surface area contributed by atoms with E-state index in [9.17, 15) is 19.5 Å². The Balaban J connectivity index is 1.80. The smallest absolute Gasteiger partial charge is 0.249 e. The van der Waals surface area contributed by atoms with Gasteiger partial charge < -0.3 is 24.5 Å². The van der Waals surface area contributed by atoms with Crippen LogP contribution in [0.25, 0.3) is 0 Å². The van der Waals surface area contributed by atoms with Crippen LogP contribution >= 0.6 is 15.9 Å². The van der Waals surface area contributed by atoms with E-state index in [-0.39, 0.29) is 29.2 Å². The fourth-order valence-electron chi connectivity index (χ4n) is 6.81. The summed E-state index contributed by atoms with van der Waals surface area (Å²) in [6.45, 7) is 16.1. The summed E-state index contributed by atoms with van der Waals surface area (Å²) in [4.78, 5) is 47.9. The summed E-state index contributed by atoms with van der Waals surface area (Å²) in [6, 6.07) is 8.15. The highest BCUT2D eigenvalue weighted by molar-refractivity contribution is 9.09. The Bertz CT molecular complexity index is 1130. The number of ether oxygens (including phenoxy) is 1. The van der Waals surface area contributed by atoms with Crippen molar-refractivity contribution in [1.29, 1.82) is 0 Å². The molecule has 0 saturated carbocycles. The molecule has 218 valence electrons. The predicted octanol–water partition coefficient (Wildman–Crippen LogP) is 3.53. The third kappa shape index (κ3) is 5.05. The third-order valence-electron chi connectivity index (χ3n) is 8.59. The minimum absolute atomic E-state index is 0.193. The number of nitrogens with zero attached hydrogens (tertiary/aromatic N) is 3. The minimum Gasteiger partial charge on any atom is -0.394 e. The number of alkyl halides is 1. The van der Waals surface area contributed by atoms with Gasteiger partial charge in [0.05, 0.1) is 30.6 Å². The molecule has 3 fully saturated rings. The van der Waals surface area contributed by atoms with Gasteiger partial charge in [-0.25, -0.2) is 0 Å². The number of carbonyl (C=O) groups is 3. The van der Waals surface area contributed by atoms with Gasteiger partial charge in [0.15, 0.2) is 0 Å². The molecule has 2 bridgehead atoms. The Morgan fingerprint density at radius 3 is 2.40 bits per heavy atom. The van der Waals surface area contributed by atoms with Gasteiger partial charge in [-0.1, -0.05) is 65.3 Å². The highest BCUT2D eigenvalue weighted by Crippen LogP contribution is 2.61. The molecule has 0 aromatic heterocycles. The maximum Gasteiger partial charge on any atom is 0.249 e. The van der Waals surface area contributed by atoms with E-state index in [0.717, 1.165) is 5.56 Å². The second kappa shape index (κ2) is 11.8. The van der Waals surface area contributed by atoms with E-state index in [1.807, 2.05) is 58.0 Å². The lowest BCUT2D eigenvalue weighted by Gasteiger charge is -2.43. The van der Waals surface area contributed by atoms with Crippen molar-refractivity contribution in [1.82, 2.24) is 14.7 Å². The van der Waals surface area contributed by atoms with E-state index in [2.05, 4.69) is 29.1 Å². The summed E-state index contributed by atoms with van der Waals surface area (Å²) in [5.41, 5.74) is -0.769. The molecule has 9 heteroatoms. The molecule has 8 nitrogen and oxygen atoms in total. The van der Waals surface area contributed by atoms with Crippen LogP contribution in [-0.4, -0.2) is 91.4 Å². The molecule has 1 spiro atoms. The first-order valence-electron chi connectivity index (χ1n) is 14.1. The van der Waals surface area contributed by atoms with Crippen molar-refractivity contribution in [3.8, 4) is 0 Å². The van der Waals surface area contributed by atoms with Crippen molar-refractivity contribution >= 4 is 33.7 Å². The van der Waals surface area contributed by atoms with Crippen molar-refractivity contribution in [2.24, 2.45) is 11.8 Å². The molecule has 3 aliphatic rings. The standard InChI is InChI=1S/C31H42BrN3O5/c1-7-15-33(18-20-13-11-10-12-14-20)27(37)23-24-28(38)35(21(9-3)19-36)26(31(24)17-22(32)25(23)40-31)29(39)34(16-8-2)30(4,5)6/h7-8,10-14,21-26,36H,1-2,9,15-19H2,3-6H3/t21-,22?,23-,24-,25-,26?,31?/m0/s1. The monoisotopic (exact) mass is 615 g/mol. The first-order valence-corrected chi connectivity index (χ1v) is 15.0. The molecule has 40 heavy (non-hydrogen) atoms. The maximum atomic E-state index is 14.5. The molecule has 4 rings (SSSR count). The molecule has 3 unspecified atom stereocenters. The molecule has 1 aromatic carbocycles. The van der Waals surface area contributed by atoms with Gasteiger partial charge in [-0.05, 0) is 39.2 Å². The Morgan fingerprint density at radius 1 is 1.20 bits per heavy atom. The van der Waals surface area contributed by atoms with Crippen LogP contribution in [0.4, 0.5) is 0 Å². The topological polar surface area (TPSA) is 90.4 Å². The average Bonchev–Trinajstić information content (AvgIpc) is 3.50. The highest BCUT2D eigenvalue weighted by Gasteiger charge is 2.77. The lowest BCUT2D eigenvalue weighted by atomic mass is 9.70. The zero-order valence-electron chi connectivity index (χ0n) is 24.0. The third-order valence-corrected chi connectivity index (χ3v) is 9.43. The molecule has 3 heterocycles. The fraction of sp³-hybridized carbons (Fsp3) is 0.581. The van der Waals surface area contributed by atoms with E-state index in [1.54, 1.807) is 22.0 Å². The summed E-state index contributed by atoms with van der Waals surface area (Å²) in [5, 5.41) is 10.3. The number of hydrogen-bond donors (Lipinski definition) is 1. The molecule has 3 saturated heterocycles. The minimum atomic E-state index is -1.19. The zero-order chi connectivity index (χ0) is 29.4. The van der Waals surface area contributed by atoms with Gasteiger partial charge in [0.1, 0.15) is 11.6 Å². The van der Waals surface area contributed by atoms with Crippen molar-refractivity contribution in [2.75, 3.05) is 19.7 Å². The van der Waals surface area contributed by atoms with E-state index in [4.69, 9.17) is 4.74 Å². The molecule has 3 aliphatic heterocycles. The number of benzene rings is 1. The molecule has 1 aromatic rings. The lowest BCUT2D eigenvalue weighted by Crippen LogP contribution is -2.61. The fourth-order valence-corrected chi connectivity index (χ4v) is 7.75. The number of amides is 3. The van der Waals surface area contributed by atoms with Gasteiger partial charge in [0, 0.05) is 30.0 Å². The zero-order valence-corrected chi connectivity index (χ0v) is 25.5. The molecule has 0 aliphatic carbocycles. The summed E-state index contributed by atoms with van der Waals surface area (Å²) in [6.07, 6.45) is 3.67. The van der Waals surface area contributed by atoms with Crippen molar-refractivity contribution in [3.63, 3.8) is 0 Å². The molecule has 7 atom stereocenters. The Labute approximate surface area is 246 Å². The van der Waals surface area contributed by atoms with Crippen LogP contribution in [0, 0.1) is 11.8 Å². The highest BCUT2D eigenvalue weighted by atomic mass is 79.9. The Hall–Kier alpha value is -2.49. The van der Waals surface area contributed by atoms with E-state index >= 15 is 0 Å². The van der Waals surface area contributed by atoms with Crippen LogP contribution in [0.2, 0.25) is 0 Å². The second-order valence-corrected chi connectivity index (χ2v) is 13.2. The number of rotatable bonds is 11. The molecule has 0 radical (unpaired) electrons. The van der Waals surface area contributed by atoms with Gasteiger partial charge in [-0.3, -0.25) is 14.4 Å². The van der Waals surface area contributed by atoms with E-state index < -0.39 is 41.2 Å². The number of aliphatic hydroxyl groups excluding tert-OH is 1. The first-order chi connectivity index (χ1) is 19.0. The van der Waals surface area contributed by atoms with Crippen LogP contribution in [-0.2, 0) is 25.7 Å². The number of fused-ring (bicyclic) bond motifs is 1. The number of carbonyl (C=O) groups excluding carboxylic acids is 3. The van der Waals surface area contributed by atoms with Crippen LogP contribution < -0.4 is 0 Å². The number of aliphatic hydroxyl groups is 1. The Kier molecular flexibility index (Phi) is 8.97. The second-order valence-electron chi connectivity index (χ2n) is 12.1. The number of halogens is 1. The van der Waals surface area contributed by atoms with Crippen LogP contribution in [0.5, 0.6) is 0 Å². The summed E-state index contributed by atoms with van der Waals surface area (Å²) < 4.78 is 6.69. The number of likely N-dealkylation sites (tertiary alicyclic amines) is 1. The molecule has 3 amide bonds. The largest absolute Gasteiger partial charge is 0.394 e. The Morgan fingerprint density at radius 2 is 1.85 bits per heavy atom. The maximum absolute atomic E-state index is 14.5. The van der Waals surface area contributed by atoms with Gasteiger partial charge in [-0.15, -0.1) is 13.2 Å². The quantitative estimate of drug-likeness (QED) is 0.304. The van der Waals surface area contributed by atoms with Crippen molar-refractivity contribution in [2.45, 2.75) is 81.2 Å². The van der Waals surface area contributed by atoms with Crippen LogP contribution in [0.15, 0.2) is 55.6 Å². The van der Waals surface area contributed by atoms with Gasteiger partial charge in [0.2, 0.25) is 17.7 Å². The van der Waals surface area contributed by atoms with Crippen molar-refractivity contribution in [3.05, 3.63) is 61.2 Å². The average molecular weight is 617 g/mol. The van der Waals surface area contributed by atoms with Crippen LogP contribution in [0.1, 0.15) is 46.1 Å². The van der Waals surface area contributed by atoms with Gasteiger partial charge in [-0.2, -0.15) is 0 Å². The number of hydrogen-bond acceptors (Lipinski definition) is 5. The molecular formula is C31H42BrN3O5. The molecule has 1 N–H and O–H groups in total. The molecular weight excluding hydrogens is 574 g/mol. The summed E-state index contributed by atoms with van der Waals surface area (Å²) >= 11 is 3.75. The van der Waals surface area contributed by atoms with Crippen molar-refractivity contribution < 1.29 is 24.2 Å². The van der Waals surface area contributed by atoms with E-state index in [1.165, 1.54) is 4.90 Å². The summed E-state index contributed by atoms with van der Waals surface area (Å²) in [7, 11) is 0. The summed E-state index contributed by atoms with van der Waals surface area (Å²) in [5.74, 6) is -2.35. The first kappa shape index (κ1) is 30.5. The van der Waals surface area contributed by atoms with Gasteiger partial charge in [0.25, 0.3) is 0 Å². The SMILES string of the molecule is C=CCN(Cc1ccccc1)C(=O)[C@H]1[C@H]2C(=O)N([C@@H](CC)CO)C(C(=O)N(CC=C)C(C)(C)C)C23CC(Br)[C@@H]1O3. The van der Waals surface area contributed by atoms with E-state index in [0.29, 0.717) is 32.5 Å². The lowest BCUT2D eigenvalue weighted by molar-refractivity contribution is -0.154. The predicted molar refractivity (Wildman–Crippen MR) is 157 cm³/mol. The normalized spacial score (nSPS) is 29.7.